The first-order valence-electron chi connectivity index (χ1n) is 5.18. The lowest BCUT2D eigenvalue weighted by atomic mass is 9.98. The third-order valence-electron chi connectivity index (χ3n) is 2.27. The highest BCUT2D eigenvalue weighted by molar-refractivity contribution is 9.10. The molecule has 15 heavy (non-hydrogen) atoms. The quantitative estimate of drug-likeness (QED) is 0.890. The molecule has 0 heterocycles. The lowest BCUT2D eigenvalue weighted by molar-refractivity contribution is 0.493. The van der Waals surface area contributed by atoms with Crippen LogP contribution in [-0.2, 0) is 6.42 Å². The second kappa shape index (κ2) is 5.88. The van der Waals surface area contributed by atoms with Gasteiger partial charge in [-0.15, -0.1) is 0 Å². The molecule has 0 aliphatic rings. The molecule has 3 heteroatoms. The van der Waals surface area contributed by atoms with Crippen LogP contribution in [0.2, 0.25) is 5.02 Å². The number of halogens is 2. The Hall–Kier alpha value is -0.0500. The average molecular weight is 291 g/mol. The Labute approximate surface area is 105 Å². The lowest BCUT2D eigenvalue weighted by Gasteiger charge is -2.15. The number of hydrogen-bond acceptors (Lipinski definition) is 1. The van der Waals surface area contributed by atoms with Crippen molar-refractivity contribution in [3.63, 3.8) is 0 Å². The molecule has 0 radical (unpaired) electrons. The molecule has 84 valence electrons. The van der Waals surface area contributed by atoms with Gasteiger partial charge in [-0.1, -0.05) is 47.4 Å². The van der Waals surface area contributed by atoms with Crippen LogP contribution in [0, 0.1) is 5.92 Å². The maximum atomic E-state index is 6.06. The lowest BCUT2D eigenvalue weighted by Crippen LogP contribution is -2.24. The summed E-state index contributed by atoms with van der Waals surface area (Å²) < 4.78 is 1.05. The van der Waals surface area contributed by atoms with Gasteiger partial charge in [-0.25, -0.2) is 0 Å². The standard InChI is InChI=1S/C12H17BrClN/c1-8(2)5-11(15)6-9-3-4-10(14)7-12(9)13/h3-4,7-8,11H,5-6,15H2,1-2H3. The third-order valence-corrected chi connectivity index (χ3v) is 3.24. The first-order valence-corrected chi connectivity index (χ1v) is 6.35. The minimum Gasteiger partial charge on any atom is -0.327 e. The summed E-state index contributed by atoms with van der Waals surface area (Å²) in [5.41, 5.74) is 7.29. The molecule has 0 amide bonds. The van der Waals surface area contributed by atoms with E-state index in [1.54, 1.807) is 0 Å². The largest absolute Gasteiger partial charge is 0.327 e. The molecule has 1 nitrogen and oxygen atoms in total. The molecular weight excluding hydrogens is 273 g/mol. The first kappa shape index (κ1) is 13.0. The van der Waals surface area contributed by atoms with Crippen molar-refractivity contribution < 1.29 is 0 Å². The van der Waals surface area contributed by atoms with Gasteiger partial charge < -0.3 is 5.73 Å². The van der Waals surface area contributed by atoms with Gasteiger partial charge in [0.1, 0.15) is 0 Å². The molecule has 0 aliphatic carbocycles. The molecule has 1 aromatic rings. The van der Waals surface area contributed by atoms with Gasteiger partial charge in [0.2, 0.25) is 0 Å². The summed E-state index contributed by atoms with van der Waals surface area (Å²) >= 11 is 9.38. The smallest absolute Gasteiger partial charge is 0.0417 e. The van der Waals surface area contributed by atoms with Gasteiger partial charge in [0.15, 0.2) is 0 Å². The maximum Gasteiger partial charge on any atom is 0.0417 e. The van der Waals surface area contributed by atoms with Crippen LogP contribution < -0.4 is 5.73 Å². The molecule has 1 aromatic carbocycles. The van der Waals surface area contributed by atoms with E-state index in [1.165, 1.54) is 5.56 Å². The summed E-state index contributed by atoms with van der Waals surface area (Å²) in [6, 6.07) is 6.08. The molecule has 0 aliphatic heterocycles. The fraction of sp³-hybridized carbons (Fsp3) is 0.500. The van der Waals surface area contributed by atoms with E-state index in [4.69, 9.17) is 17.3 Å². The monoisotopic (exact) mass is 289 g/mol. The molecular formula is C12H17BrClN. The molecule has 0 saturated heterocycles. The van der Waals surface area contributed by atoms with Gasteiger partial charge in [0.25, 0.3) is 0 Å². The van der Waals surface area contributed by atoms with Crippen molar-refractivity contribution in [2.45, 2.75) is 32.7 Å². The van der Waals surface area contributed by atoms with Crippen molar-refractivity contribution in [3.8, 4) is 0 Å². The van der Waals surface area contributed by atoms with Crippen LogP contribution in [0.4, 0.5) is 0 Å². The van der Waals surface area contributed by atoms with Gasteiger partial charge >= 0.3 is 0 Å². The van der Waals surface area contributed by atoms with E-state index in [0.29, 0.717) is 5.92 Å². The molecule has 1 unspecified atom stereocenters. The van der Waals surface area contributed by atoms with Gasteiger partial charge in [-0.05, 0) is 36.5 Å². The highest BCUT2D eigenvalue weighted by atomic mass is 79.9. The van der Waals surface area contributed by atoms with E-state index in [-0.39, 0.29) is 6.04 Å². The van der Waals surface area contributed by atoms with Crippen LogP contribution in [0.25, 0.3) is 0 Å². The van der Waals surface area contributed by atoms with Gasteiger partial charge in [0, 0.05) is 15.5 Å². The fourth-order valence-corrected chi connectivity index (χ4v) is 2.50. The van der Waals surface area contributed by atoms with E-state index >= 15 is 0 Å². The predicted molar refractivity (Wildman–Crippen MR) is 70.3 cm³/mol. The van der Waals surface area contributed by atoms with Crippen LogP contribution >= 0.6 is 27.5 Å². The van der Waals surface area contributed by atoms with E-state index < -0.39 is 0 Å². The summed E-state index contributed by atoms with van der Waals surface area (Å²) in [5.74, 6) is 0.645. The fourth-order valence-electron chi connectivity index (χ4n) is 1.66. The second-order valence-corrected chi connectivity index (χ2v) is 5.62. The minimum absolute atomic E-state index is 0.225. The van der Waals surface area contributed by atoms with Crippen molar-refractivity contribution in [1.82, 2.24) is 0 Å². The van der Waals surface area contributed by atoms with Crippen LogP contribution in [0.1, 0.15) is 25.8 Å². The van der Waals surface area contributed by atoms with Crippen molar-refractivity contribution >= 4 is 27.5 Å². The highest BCUT2D eigenvalue weighted by Crippen LogP contribution is 2.23. The summed E-state index contributed by atoms with van der Waals surface area (Å²) in [6.07, 6.45) is 1.95. The maximum absolute atomic E-state index is 6.06. The highest BCUT2D eigenvalue weighted by Gasteiger charge is 2.09. The van der Waals surface area contributed by atoms with Crippen LogP contribution in [0.15, 0.2) is 22.7 Å². The Balaban J connectivity index is 2.64. The van der Waals surface area contributed by atoms with Gasteiger partial charge in [-0.3, -0.25) is 0 Å². The number of benzene rings is 1. The zero-order valence-electron chi connectivity index (χ0n) is 9.13. The van der Waals surface area contributed by atoms with Gasteiger partial charge in [-0.2, -0.15) is 0 Å². The number of nitrogens with two attached hydrogens (primary N) is 1. The Bertz CT molecular complexity index is 325. The van der Waals surface area contributed by atoms with Gasteiger partial charge in [0.05, 0.1) is 0 Å². The summed E-state index contributed by atoms with van der Waals surface area (Å²) in [6.45, 7) is 4.38. The Morgan fingerprint density at radius 3 is 2.60 bits per heavy atom. The normalized spacial score (nSPS) is 13.2. The van der Waals surface area contributed by atoms with E-state index in [0.717, 1.165) is 22.3 Å². The van der Waals surface area contributed by atoms with Crippen LogP contribution in [-0.4, -0.2) is 6.04 Å². The summed E-state index contributed by atoms with van der Waals surface area (Å²) in [4.78, 5) is 0. The predicted octanol–water partition coefficient (Wildman–Crippen LogP) is 4.02. The molecule has 2 N–H and O–H groups in total. The molecule has 0 saturated carbocycles. The Morgan fingerprint density at radius 2 is 2.07 bits per heavy atom. The van der Waals surface area contributed by atoms with E-state index in [9.17, 15) is 0 Å². The first-order chi connectivity index (χ1) is 6.99. The SMILES string of the molecule is CC(C)CC(N)Cc1ccc(Cl)cc1Br. The molecule has 0 spiro atoms. The molecule has 1 atom stereocenters. The average Bonchev–Trinajstić information content (AvgIpc) is 2.08. The molecule has 0 fully saturated rings. The Kier molecular flexibility index (Phi) is 5.10. The van der Waals surface area contributed by atoms with Crippen molar-refractivity contribution in [1.29, 1.82) is 0 Å². The Morgan fingerprint density at radius 1 is 1.40 bits per heavy atom. The summed E-state index contributed by atoms with van der Waals surface area (Å²) in [7, 11) is 0. The van der Waals surface area contributed by atoms with E-state index in [1.807, 2.05) is 18.2 Å². The number of rotatable bonds is 4. The van der Waals surface area contributed by atoms with Crippen LogP contribution in [0.3, 0.4) is 0 Å². The minimum atomic E-state index is 0.225. The van der Waals surface area contributed by atoms with Crippen LogP contribution in [0.5, 0.6) is 0 Å². The summed E-state index contributed by atoms with van der Waals surface area (Å²) in [5, 5.41) is 0.753. The second-order valence-electron chi connectivity index (χ2n) is 4.33. The zero-order chi connectivity index (χ0) is 11.4. The molecule has 1 rings (SSSR count). The van der Waals surface area contributed by atoms with E-state index in [2.05, 4.69) is 29.8 Å². The molecule has 0 aromatic heterocycles. The van der Waals surface area contributed by atoms with Crippen molar-refractivity contribution in [3.05, 3.63) is 33.3 Å². The molecule has 0 bridgehead atoms. The number of hydrogen-bond donors (Lipinski definition) is 1. The zero-order valence-corrected chi connectivity index (χ0v) is 11.5. The van der Waals surface area contributed by atoms with Crippen molar-refractivity contribution in [2.24, 2.45) is 11.7 Å². The topological polar surface area (TPSA) is 26.0 Å². The van der Waals surface area contributed by atoms with Crippen molar-refractivity contribution in [2.75, 3.05) is 0 Å². The third kappa shape index (κ3) is 4.54.